The van der Waals surface area contributed by atoms with E-state index in [0.717, 1.165) is 0 Å². The fourth-order valence-electron chi connectivity index (χ4n) is 1.43. The molecular weight excluding hydrogens is 429 g/mol. The van der Waals surface area contributed by atoms with Gasteiger partial charge in [0.25, 0.3) is 15.8 Å². The van der Waals surface area contributed by atoms with Crippen molar-refractivity contribution < 1.29 is 62.3 Å². The summed E-state index contributed by atoms with van der Waals surface area (Å²) in [7, 11) is -7.05. The molecule has 0 aliphatic rings. The van der Waals surface area contributed by atoms with Crippen LogP contribution in [0.5, 0.6) is 0 Å². The molecule has 0 aromatic carbocycles. The van der Waals surface area contributed by atoms with Gasteiger partial charge in [-0.15, -0.1) is 0 Å². The van der Waals surface area contributed by atoms with Crippen LogP contribution in [0.1, 0.15) is 20.8 Å². The number of ketones is 1. The molecule has 0 aliphatic carbocycles. The Morgan fingerprint density at radius 2 is 1.30 bits per heavy atom. The van der Waals surface area contributed by atoms with E-state index in [1.165, 1.54) is 6.92 Å². The minimum atomic E-state index is -7.47. The van der Waals surface area contributed by atoms with Gasteiger partial charge in [0.15, 0.2) is 0 Å². The minimum absolute atomic E-state index is 0.389. The molecule has 0 radical (unpaired) electrons. The summed E-state index contributed by atoms with van der Waals surface area (Å²) >= 11 is 0. The summed E-state index contributed by atoms with van der Waals surface area (Å²) < 4.78 is 143. The number of carbonyl (C=O) groups excluding carboxylic acids is 2. The first-order valence-electron chi connectivity index (χ1n) is 6.55. The van der Waals surface area contributed by atoms with Crippen LogP contribution in [0.4, 0.5) is 39.5 Å². The van der Waals surface area contributed by atoms with Crippen LogP contribution in [0, 0.1) is 0 Å². The van der Waals surface area contributed by atoms with E-state index in [4.69, 9.17) is 0 Å². The summed E-state index contributed by atoms with van der Waals surface area (Å²) in [5.74, 6) is -18.6. The quantitative estimate of drug-likeness (QED) is 0.355. The maximum Gasteiger partial charge on any atom is 0.460 e. The van der Waals surface area contributed by atoms with E-state index >= 15 is 0 Å². The van der Waals surface area contributed by atoms with Crippen LogP contribution in [0.25, 0.3) is 0 Å². The van der Waals surface area contributed by atoms with E-state index in [0.29, 0.717) is 18.6 Å². The number of hydrogen-bond donors (Lipinski definition) is 1. The number of hydrogen-bond acceptors (Lipinski definition) is 5. The molecule has 0 heterocycles. The Kier molecular flexibility index (Phi) is 6.69. The highest BCUT2D eigenvalue weighted by molar-refractivity contribution is 7.90. The maximum absolute atomic E-state index is 13.5. The van der Waals surface area contributed by atoms with Crippen LogP contribution in [-0.4, -0.2) is 55.6 Å². The molecule has 0 aliphatic heterocycles. The Balaban J connectivity index is 6.08. The van der Waals surface area contributed by atoms with Crippen molar-refractivity contribution in [1.29, 1.82) is 0 Å². The van der Waals surface area contributed by atoms with Crippen molar-refractivity contribution in [1.82, 2.24) is 4.72 Å². The molecule has 0 fully saturated rings. The number of nitrogens with one attached hydrogen (secondary N) is 1. The van der Waals surface area contributed by atoms with Gasteiger partial charge < -0.3 is 4.74 Å². The second kappa shape index (κ2) is 7.10. The Morgan fingerprint density at radius 3 is 1.63 bits per heavy atom. The molecule has 0 unspecified atom stereocenters. The molecule has 27 heavy (non-hydrogen) atoms. The average Bonchev–Trinajstić information content (AvgIpc) is 2.43. The lowest BCUT2D eigenvalue weighted by Crippen LogP contribution is -2.67. The van der Waals surface area contributed by atoms with Crippen LogP contribution in [0.2, 0.25) is 0 Å². The second-order valence-electron chi connectivity index (χ2n) is 5.44. The van der Waals surface area contributed by atoms with Crippen LogP contribution in [0.15, 0.2) is 0 Å². The van der Waals surface area contributed by atoms with Gasteiger partial charge in [0, 0.05) is 0 Å². The zero-order chi connectivity index (χ0) is 22.3. The summed E-state index contributed by atoms with van der Waals surface area (Å²) in [5.41, 5.74) is -2.95. The van der Waals surface area contributed by atoms with E-state index in [-0.39, 0.29) is 0 Å². The lowest BCUT2D eigenvalue weighted by atomic mass is 10.0. The molecule has 16 heteroatoms. The van der Waals surface area contributed by atoms with E-state index in [1.807, 2.05) is 0 Å². The standard InChI is InChI=1S/C11H12F9NO5S/c1-4-26-6(23)5(22)7(2,3)21-27(24,25)11(19,20)9(14,15)8(12,13)10(16,17)18/h21H,4H2,1-3H3. The van der Waals surface area contributed by atoms with Crippen molar-refractivity contribution in [3.05, 3.63) is 0 Å². The van der Waals surface area contributed by atoms with Gasteiger partial charge in [-0.25, -0.2) is 13.2 Å². The summed E-state index contributed by atoms with van der Waals surface area (Å²) in [6.07, 6.45) is -7.23. The Labute approximate surface area is 146 Å². The summed E-state index contributed by atoms with van der Waals surface area (Å²) in [4.78, 5) is 22.8. The van der Waals surface area contributed by atoms with Crippen LogP contribution in [0.3, 0.4) is 0 Å². The van der Waals surface area contributed by atoms with E-state index < -0.39 is 57.2 Å². The lowest BCUT2D eigenvalue weighted by molar-refractivity contribution is -0.382. The first-order chi connectivity index (χ1) is 11.6. The predicted molar refractivity (Wildman–Crippen MR) is 68.7 cm³/mol. The van der Waals surface area contributed by atoms with Gasteiger partial charge in [-0.05, 0) is 20.8 Å². The number of halogens is 9. The van der Waals surface area contributed by atoms with Gasteiger partial charge in [-0.3, -0.25) is 4.79 Å². The highest BCUT2D eigenvalue weighted by Gasteiger charge is 2.85. The Morgan fingerprint density at radius 1 is 0.889 bits per heavy atom. The van der Waals surface area contributed by atoms with Gasteiger partial charge in [-0.2, -0.15) is 44.2 Å². The fourth-order valence-corrected chi connectivity index (χ4v) is 2.79. The predicted octanol–water partition coefficient (Wildman–Crippen LogP) is 2.24. The van der Waals surface area contributed by atoms with Crippen molar-refractivity contribution in [3.63, 3.8) is 0 Å². The third-order valence-electron chi connectivity index (χ3n) is 2.87. The number of rotatable bonds is 8. The normalized spacial score (nSPS) is 14.8. The third kappa shape index (κ3) is 4.30. The highest BCUT2D eigenvalue weighted by atomic mass is 32.2. The number of ether oxygens (including phenoxy) is 1. The molecule has 1 N–H and O–H groups in total. The highest BCUT2D eigenvalue weighted by Crippen LogP contribution is 2.54. The first-order valence-corrected chi connectivity index (χ1v) is 8.03. The molecule has 0 saturated carbocycles. The molecular formula is C11H12F9NO5S. The number of sulfonamides is 1. The third-order valence-corrected chi connectivity index (χ3v) is 4.58. The maximum atomic E-state index is 13.5. The van der Waals surface area contributed by atoms with Gasteiger partial charge >= 0.3 is 29.2 Å². The zero-order valence-corrected chi connectivity index (χ0v) is 14.4. The van der Waals surface area contributed by atoms with Crippen molar-refractivity contribution in [2.45, 2.75) is 49.6 Å². The molecule has 0 atom stereocenters. The Bertz CT molecular complexity index is 700. The van der Waals surface area contributed by atoms with Gasteiger partial charge in [0.05, 0.1) is 12.1 Å². The molecule has 6 nitrogen and oxygen atoms in total. The smallest absolute Gasteiger partial charge is 0.460 e. The topological polar surface area (TPSA) is 89.5 Å². The molecule has 160 valence electrons. The van der Waals surface area contributed by atoms with Gasteiger partial charge in [0.1, 0.15) is 0 Å². The fraction of sp³-hybridized carbons (Fsp3) is 0.818. The van der Waals surface area contributed by atoms with E-state index in [2.05, 4.69) is 4.74 Å². The van der Waals surface area contributed by atoms with Crippen LogP contribution in [-0.2, 0) is 24.3 Å². The molecule has 0 amide bonds. The largest absolute Gasteiger partial charge is 0.460 e. The number of Topliss-reactive ketones (excluding diaryl/α,β-unsaturated/α-hetero) is 1. The molecule has 0 rings (SSSR count). The molecule has 0 bridgehead atoms. The number of esters is 1. The average molecular weight is 441 g/mol. The molecule has 0 spiro atoms. The number of alkyl halides is 9. The summed E-state index contributed by atoms with van der Waals surface area (Å²) in [6.45, 7) is 1.51. The minimum Gasteiger partial charge on any atom is -0.460 e. The van der Waals surface area contributed by atoms with E-state index in [1.54, 1.807) is 0 Å². The summed E-state index contributed by atoms with van der Waals surface area (Å²) in [6, 6.07) is 0. The molecule has 0 aromatic rings. The monoisotopic (exact) mass is 441 g/mol. The van der Waals surface area contributed by atoms with Gasteiger partial charge in [0.2, 0.25) is 0 Å². The second-order valence-corrected chi connectivity index (χ2v) is 7.17. The lowest BCUT2D eigenvalue weighted by Gasteiger charge is -2.34. The molecule has 0 aromatic heterocycles. The zero-order valence-electron chi connectivity index (χ0n) is 13.6. The first kappa shape index (κ1) is 25.4. The summed E-state index contributed by atoms with van der Waals surface area (Å²) in [5, 5.41) is -7.04. The van der Waals surface area contributed by atoms with Crippen molar-refractivity contribution in [2.24, 2.45) is 0 Å². The van der Waals surface area contributed by atoms with Gasteiger partial charge in [-0.1, -0.05) is 0 Å². The number of carbonyl (C=O) groups is 2. The van der Waals surface area contributed by atoms with E-state index in [9.17, 15) is 57.5 Å². The van der Waals surface area contributed by atoms with Crippen molar-refractivity contribution in [2.75, 3.05) is 6.61 Å². The molecule has 0 saturated heterocycles. The van der Waals surface area contributed by atoms with Crippen molar-refractivity contribution >= 4 is 21.8 Å². The van der Waals surface area contributed by atoms with Crippen LogP contribution < -0.4 is 4.72 Å². The van der Waals surface area contributed by atoms with Crippen molar-refractivity contribution in [3.8, 4) is 0 Å². The van der Waals surface area contributed by atoms with Crippen LogP contribution >= 0.6 is 0 Å². The SMILES string of the molecule is CCOC(=O)C(=O)C(C)(C)NS(=O)(=O)C(F)(F)C(F)(F)C(F)(F)C(F)(F)F. The Hall–Kier alpha value is -1.58.